The molecule has 1 heterocycles. The Balaban J connectivity index is 2.11. The van der Waals surface area contributed by atoms with Gasteiger partial charge in [0.15, 0.2) is 0 Å². The van der Waals surface area contributed by atoms with E-state index in [9.17, 15) is 0 Å². The van der Waals surface area contributed by atoms with Gasteiger partial charge in [0.05, 0.1) is 12.0 Å². The van der Waals surface area contributed by atoms with Gasteiger partial charge >= 0.3 is 0 Å². The van der Waals surface area contributed by atoms with Crippen LogP contribution in [0, 0.1) is 6.92 Å². The number of aryl methyl sites for hydroxylation is 1. The van der Waals surface area contributed by atoms with Gasteiger partial charge in [0.1, 0.15) is 0 Å². The van der Waals surface area contributed by atoms with Crippen LogP contribution >= 0.6 is 11.6 Å². The summed E-state index contributed by atoms with van der Waals surface area (Å²) in [5, 5.41) is 4.12. The van der Waals surface area contributed by atoms with Crippen molar-refractivity contribution in [2.45, 2.75) is 26.8 Å². The number of rotatable bonds is 5. The third kappa shape index (κ3) is 3.12. The molecule has 0 aliphatic carbocycles. The molecule has 0 fully saturated rings. The van der Waals surface area contributed by atoms with Crippen molar-refractivity contribution in [3.8, 4) is 5.69 Å². The first kappa shape index (κ1) is 13.1. The third-order valence-electron chi connectivity index (χ3n) is 2.82. The van der Waals surface area contributed by atoms with Gasteiger partial charge in [0.25, 0.3) is 0 Å². The van der Waals surface area contributed by atoms with Crippen molar-refractivity contribution in [1.82, 2.24) is 14.9 Å². The van der Waals surface area contributed by atoms with Crippen LogP contribution in [0.4, 0.5) is 0 Å². The average molecular weight is 264 g/mol. The highest BCUT2D eigenvalue weighted by atomic mass is 35.5. The number of aromatic nitrogens is 2. The summed E-state index contributed by atoms with van der Waals surface area (Å²) < 4.78 is 1.99. The van der Waals surface area contributed by atoms with Crippen molar-refractivity contribution in [1.29, 1.82) is 0 Å². The number of benzene rings is 1. The standard InChI is InChI=1S/C14H18ClN3/c1-3-6-16-8-12-9-18(10-17-12)13-5-4-11(2)14(15)7-13/h4-5,7,9-10,16H,3,6,8H2,1-2H3. The van der Waals surface area contributed by atoms with Crippen molar-refractivity contribution < 1.29 is 0 Å². The minimum atomic E-state index is 0.784. The average Bonchev–Trinajstić information content (AvgIpc) is 2.82. The molecular weight excluding hydrogens is 246 g/mol. The first-order chi connectivity index (χ1) is 8.70. The van der Waals surface area contributed by atoms with Gasteiger partial charge in [-0.15, -0.1) is 0 Å². The molecule has 0 aliphatic heterocycles. The highest BCUT2D eigenvalue weighted by Gasteiger charge is 2.02. The SMILES string of the molecule is CCCNCc1cn(-c2ccc(C)c(Cl)c2)cn1. The van der Waals surface area contributed by atoms with Crippen LogP contribution in [0.25, 0.3) is 5.69 Å². The second-order valence-corrected chi connectivity index (χ2v) is 4.79. The first-order valence-corrected chi connectivity index (χ1v) is 6.58. The zero-order chi connectivity index (χ0) is 13.0. The normalized spacial score (nSPS) is 10.8. The molecule has 0 atom stereocenters. The molecule has 4 heteroatoms. The highest BCUT2D eigenvalue weighted by Crippen LogP contribution is 2.19. The second kappa shape index (κ2) is 6.03. The number of hydrogen-bond donors (Lipinski definition) is 1. The largest absolute Gasteiger partial charge is 0.311 e. The van der Waals surface area contributed by atoms with E-state index in [4.69, 9.17) is 11.6 Å². The van der Waals surface area contributed by atoms with Gasteiger partial charge in [0, 0.05) is 23.5 Å². The Bertz CT molecular complexity index is 520. The van der Waals surface area contributed by atoms with E-state index in [1.807, 2.05) is 42.2 Å². The maximum atomic E-state index is 6.13. The summed E-state index contributed by atoms with van der Waals surface area (Å²) in [4.78, 5) is 4.37. The predicted molar refractivity (Wildman–Crippen MR) is 75.3 cm³/mol. The van der Waals surface area contributed by atoms with E-state index < -0.39 is 0 Å². The Hall–Kier alpha value is -1.32. The quantitative estimate of drug-likeness (QED) is 0.839. The summed E-state index contributed by atoms with van der Waals surface area (Å²) in [5.41, 5.74) is 3.17. The van der Waals surface area contributed by atoms with Crippen molar-refractivity contribution in [2.75, 3.05) is 6.54 Å². The molecule has 2 rings (SSSR count). The number of halogens is 1. The summed E-state index contributed by atoms with van der Waals surface area (Å²) in [5.74, 6) is 0. The fourth-order valence-electron chi connectivity index (χ4n) is 1.73. The second-order valence-electron chi connectivity index (χ2n) is 4.38. The minimum absolute atomic E-state index is 0.784. The van der Waals surface area contributed by atoms with Crippen LogP contribution in [0.2, 0.25) is 5.02 Å². The van der Waals surface area contributed by atoms with Crippen LogP contribution in [-0.4, -0.2) is 16.1 Å². The maximum Gasteiger partial charge on any atom is 0.0995 e. The van der Waals surface area contributed by atoms with Crippen LogP contribution in [0.3, 0.4) is 0 Å². The summed E-state index contributed by atoms with van der Waals surface area (Å²) >= 11 is 6.13. The molecule has 0 radical (unpaired) electrons. The third-order valence-corrected chi connectivity index (χ3v) is 3.23. The van der Waals surface area contributed by atoms with Crippen LogP contribution in [0.5, 0.6) is 0 Å². The maximum absolute atomic E-state index is 6.13. The smallest absolute Gasteiger partial charge is 0.0995 e. The first-order valence-electron chi connectivity index (χ1n) is 6.21. The zero-order valence-corrected chi connectivity index (χ0v) is 11.5. The molecule has 18 heavy (non-hydrogen) atoms. The van der Waals surface area contributed by atoms with Crippen molar-refractivity contribution in [3.05, 3.63) is 47.0 Å². The van der Waals surface area contributed by atoms with E-state index in [-0.39, 0.29) is 0 Å². The van der Waals surface area contributed by atoms with E-state index in [1.54, 1.807) is 0 Å². The van der Waals surface area contributed by atoms with Crippen LogP contribution in [-0.2, 0) is 6.54 Å². The zero-order valence-electron chi connectivity index (χ0n) is 10.8. The summed E-state index contributed by atoms with van der Waals surface area (Å²) in [7, 11) is 0. The molecule has 0 spiro atoms. The Labute approximate surface area is 113 Å². The number of nitrogens with zero attached hydrogens (tertiary/aromatic N) is 2. The number of imidazole rings is 1. The fourth-order valence-corrected chi connectivity index (χ4v) is 1.91. The molecule has 2 aromatic rings. The Morgan fingerprint density at radius 3 is 2.94 bits per heavy atom. The lowest BCUT2D eigenvalue weighted by Gasteiger charge is -2.04. The monoisotopic (exact) mass is 263 g/mol. The Kier molecular flexibility index (Phi) is 4.39. The topological polar surface area (TPSA) is 29.9 Å². The molecule has 0 bridgehead atoms. The van der Waals surface area contributed by atoms with E-state index in [0.717, 1.165) is 41.5 Å². The lowest BCUT2D eigenvalue weighted by molar-refractivity contribution is 0.666. The Morgan fingerprint density at radius 2 is 2.22 bits per heavy atom. The predicted octanol–water partition coefficient (Wildman–Crippen LogP) is 3.33. The van der Waals surface area contributed by atoms with E-state index in [0.29, 0.717) is 0 Å². The number of nitrogens with one attached hydrogen (secondary N) is 1. The lowest BCUT2D eigenvalue weighted by Crippen LogP contribution is -2.13. The molecule has 0 saturated carbocycles. The van der Waals surface area contributed by atoms with Gasteiger partial charge in [-0.05, 0) is 37.6 Å². The van der Waals surface area contributed by atoms with Gasteiger partial charge in [-0.3, -0.25) is 0 Å². The highest BCUT2D eigenvalue weighted by molar-refractivity contribution is 6.31. The molecule has 1 aromatic heterocycles. The van der Waals surface area contributed by atoms with Gasteiger partial charge in [-0.2, -0.15) is 0 Å². The van der Waals surface area contributed by atoms with Gasteiger partial charge in [-0.1, -0.05) is 24.6 Å². The summed E-state index contributed by atoms with van der Waals surface area (Å²) in [6.45, 7) is 5.98. The minimum Gasteiger partial charge on any atom is -0.311 e. The van der Waals surface area contributed by atoms with Gasteiger partial charge in [0.2, 0.25) is 0 Å². The fraction of sp³-hybridized carbons (Fsp3) is 0.357. The molecule has 0 unspecified atom stereocenters. The van der Waals surface area contributed by atoms with Crippen molar-refractivity contribution in [3.63, 3.8) is 0 Å². The number of hydrogen-bond acceptors (Lipinski definition) is 2. The molecule has 0 amide bonds. The molecule has 1 N–H and O–H groups in total. The van der Waals surface area contributed by atoms with E-state index in [2.05, 4.69) is 17.2 Å². The molecule has 1 aromatic carbocycles. The van der Waals surface area contributed by atoms with Crippen molar-refractivity contribution >= 4 is 11.6 Å². The molecular formula is C14H18ClN3. The van der Waals surface area contributed by atoms with Crippen LogP contribution in [0.1, 0.15) is 24.6 Å². The van der Waals surface area contributed by atoms with Crippen LogP contribution in [0.15, 0.2) is 30.7 Å². The van der Waals surface area contributed by atoms with E-state index in [1.165, 1.54) is 0 Å². The molecule has 0 aliphatic rings. The van der Waals surface area contributed by atoms with Gasteiger partial charge in [-0.25, -0.2) is 4.98 Å². The Morgan fingerprint density at radius 1 is 1.39 bits per heavy atom. The molecule has 3 nitrogen and oxygen atoms in total. The molecule has 96 valence electrons. The van der Waals surface area contributed by atoms with E-state index >= 15 is 0 Å². The lowest BCUT2D eigenvalue weighted by atomic mass is 10.2. The van der Waals surface area contributed by atoms with Gasteiger partial charge < -0.3 is 9.88 Å². The summed E-state index contributed by atoms with van der Waals surface area (Å²) in [6, 6.07) is 6.03. The summed E-state index contributed by atoms with van der Waals surface area (Å²) in [6.07, 6.45) is 4.99. The van der Waals surface area contributed by atoms with Crippen molar-refractivity contribution in [2.24, 2.45) is 0 Å². The van der Waals surface area contributed by atoms with Crippen LogP contribution < -0.4 is 5.32 Å². The molecule has 0 saturated heterocycles.